The van der Waals surface area contributed by atoms with E-state index in [-0.39, 0.29) is 0 Å². The van der Waals surface area contributed by atoms with E-state index in [9.17, 15) is 0 Å². The minimum absolute atomic E-state index is 0.599. The zero-order chi connectivity index (χ0) is 11.4. The summed E-state index contributed by atoms with van der Waals surface area (Å²) in [5, 5.41) is 1.17. The predicted octanol–water partition coefficient (Wildman–Crippen LogP) is 4.27. The Kier molecular flexibility index (Phi) is 3.58. The standard InChI is InChI=1S/C14H14ClN/c1-2-11(10-15)8-12-5-6-14-13(9-12)4-3-7-16-14/h3-9H,2,10H2,1H3. The first kappa shape index (κ1) is 11.2. The van der Waals surface area contributed by atoms with Crippen LogP contribution in [0.1, 0.15) is 18.9 Å². The molecule has 0 aliphatic carbocycles. The molecule has 2 aromatic rings. The monoisotopic (exact) mass is 231 g/mol. The zero-order valence-corrected chi connectivity index (χ0v) is 10.0. The lowest BCUT2D eigenvalue weighted by Gasteiger charge is -2.01. The van der Waals surface area contributed by atoms with Crippen molar-refractivity contribution in [2.75, 3.05) is 5.88 Å². The summed E-state index contributed by atoms with van der Waals surface area (Å²) in [4.78, 5) is 4.30. The molecule has 0 spiro atoms. The smallest absolute Gasteiger partial charge is 0.0702 e. The maximum absolute atomic E-state index is 5.86. The normalized spacial score (nSPS) is 12.0. The summed E-state index contributed by atoms with van der Waals surface area (Å²) in [6.45, 7) is 2.12. The number of allylic oxidation sites excluding steroid dienone is 1. The van der Waals surface area contributed by atoms with Gasteiger partial charge < -0.3 is 0 Å². The molecule has 1 nitrogen and oxygen atoms in total. The van der Waals surface area contributed by atoms with E-state index >= 15 is 0 Å². The molecule has 1 aromatic heterocycles. The second kappa shape index (κ2) is 5.13. The van der Waals surface area contributed by atoms with E-state index in [2.05, 4.69) is 36.2 Å². The SMILES string of the molecule is CCC(=Cc1ccc2ncccc2c1)CCl. The number of rotatable bonds is 3. The van der Waals surface area contributed by atoms with Crippen LogP contribution in [0.2, 0.25) is 0 Å². The fourth-order valence-corrected chi connectivity index (χ4v) is 1.92. The number of nitrogens with zero attached hydrogens (tertiary/aromatic N) is 1. The number of aromatic nitrogens is 1. The Morgan fingerprint density at radius 1 is 1.38 bits per heavy atom. The van der Waals surface area contributed by atoms with Crippen LogP contribution >= 0.6 is 11.6 Å². The molecular formula is C14H14ClN. The molecule has 0 radical (unpaired) electrons. The number of benzene rings is 1. The molecule has 82 valence electrons. The second-order valence-corrected chi connectivity index (χ2v) is 4.01. The Labute approximate surface area is 101 Å². The van der Waals surface area contributed by atoms with Crippen molar-refractivity contribution in [3.8, 4) is 0 Å². The van der Waals surface area contributed by atoms with Crippen molar-refractivity contribution >= 4 is 28.6 Å². The third-order valence-corrected chi connectivity index (χ3v) is 2.97. The molecule has 0 fully saturated rings. The topological polar surface area (TPSA) is 12.9 Å². The maximum Gasteiger partial charge on any atom is 0.0702 e. The van der Waals surface area contributed by atoms with Crippen LogP contribution in [0.15, 0.2) is 42.1 Å². The highest BCUT2D eigenvalue weighted by Gasteiger charge is 1.96. The van der Waals surface area contributed by atoms with Gasteiger partial charge >= 0.3 is 0 Å². The Morgan fingerprint density at radius 2 is 2.25 bits per heavy atom. The van der Waals surface area contributed by atoms with E-state index in [1.54, 1.807) is 0 Å². The van der Waals surface area contributed by atoms with Crippen LogP contribution in [0, 0.1) is 0 Å². The Bertz CT molecular complexity index is 511. The Hall–Kier alpha value is -1.34. The fraction of sp³-hybridized carbons (Fsp3) is 0.214. The highest BCUT2D eigenvalue weighted by Crippen LogP contribution is 2.17. The second-order valence-electron chi connectivity index (χ2n) is 3.75. The van der Waals surface area contributed by atoms with Gasteiger partial charge in [0.25, 0.3) is 0 Å². The van der Waals surface area contributed by atoms with Crippen LogP contribution in [0.25, 0.3) is 17.0 Å². The molecule has 0 aliphatic heterocycles. The number of hydrogen-bond donors (Lipinski definition) is 0. The van der Waals surface area contributed by atoms with Crippen molar-refractivity contribution in [2.45, 2.75) is 13.3 Å². The van der Waals surface area contributed by atoms with Gasteiger partial charge in [0, 0.05) is 17.5 Å². The first-order chi connectivity index (χ1) is 7.83. The summed E-state index contributed by atoms with van der Waals surface area (Å²) in [5.74, 6) is 0.599. The van der Waals surface area contributed by atoms with Crippen molar-refractivity contribution in [2.24, 2.45) is 0 Å². The van der Waals surface area contributed by atoms with Gasteiger partial charge in [-0.05, 0) is 30.2 Å². The van der Waals surface area contributed by atoms with Crippen LogP contribution in [-0.2, 0) is 0 Å². The van der Waals surface area contributed by atoms with Crippen LogP contribution < -0.4 is 0 Å². The summed E-state index contributed by atoms with van der Waals surface area (Å²) in [6, 6.07) is 10.3. The van der Waals surface area contributed by atoms with E-state index in [0.717, 1.165) is 11.9 Å². The quantitative estimate of drug-likeness (QED) is 0.719. The summed E-state index contributed by atoms with van der Waals surface area (Å²) >= 11 is 5.86. The predicted molar refractivity (Wildman–Crippen MR) is 70.7 cm³/mol. The van der Waals surface area contributed by atoms with Gasteiger partial charge in [0.05, 0.1) is 5.52 Å². The van der Waals surface area contributed by atoms with Gasteiger partial charge in [0.15, 0.2) is 0 Å². The number of hydrogen-bond acceptors (Lipinski definition) is 1. The molecule has 2 rings (SSSR count). The van der Waals surface area contributed by atoms with Gasteiger partial charge in [0.1, 0.15) is 0 Å². The lowest BCUT2D eigenvalue weighted by Crippen LogP contribution is -1.84. The average Bonchev–Trinajstić information content (AvgIpc) is 2.35. The van der Waals surface area contributed by atoms with Crippen molar-refractivity contribution in [1.29, 1.82) is 0 Å². The van der Waals surface area contributed by atoms with E-state index in [0.29, 0.717) is 5.88 Å². The minimum Gasteiger partial charge on any atom is -0.256 e. The fourth-order valence-electron chi connectivity index (χ4n) is 1.65. The molecule has 0 saturated carbocycles. The highest BCUT2D eigenvalue weighted by atomic mass is 35.5. The van der Waals surface area contributed by atoms with E-state index in [1.165, 1.54) is 16.5 Å². The van der Waals surface area contributed by atoms with Crippen molar-refractivity contribution < 1.29 is 0 Å². The molecule has 0 bridgehead atoms. The van der Waals surface area contributed by atoms with E-state index in [1.807, 2.05) is 18.3 Å². The third kappa shape index (κ3) is 2.42. The van der Waals surface area contributed by atoms with Crippen molar-refractivity contribution in [1.82, 2.24) is 4.98 Å². The lowest BCUT2D eigenvalue weighted by molar-refractivity contribution is 1.12. The number of alkyl halides is 1. The minimum atomic E-state index is 0.599. The summed E-state index contributed by atoms with van der Waals surface area (Å²) < 4.78 is 0. The van der Waals surface area contributed by atoms with Gasteiger partial charge in [0.2, 0.25) is 0 Å². The summed E-state index contributed by atoms with van der Waals surface area (Å²) in [6.07, 6.45) is 4.96. The summed E-state index contributed by atoms with van der Waals surface area (Å²) in [5.41, 5.74) is 3.48. The highest BCUT2D eigenvalue weighted by molar-refractivity contribution is 6.19. The van der Waals surface area contributed by atoms with Crippen LogP contribution in [-0.4, -0.2) is 10.9 Å². The maximum atomic E-state index is 5.86. The molecule has 1 aromatic carbocycles. The Balaban J connectivity index is 2.43. The Morgan fingerprint density at radius 3 is 3.00 bits per heavy atom. The molecule has 2 heteroatoms. The molecule has 0 atom stereocenters. The van der Waals surface area contributed by atoms with Gasteiger partial charge in [-0.15, -0.1) is 11.6 Å². The van der Waals surface area contributed by atoms with Crippen molar-refractivity contribution in [3.63, 3.8) is 0 Å². The molecule has 16 heavy (non-hydrogen) atoms. The first-order valence-electron chi connectivity index (χ1n) is 5.43. The summed E-state index contributed by atoms with van der Waals surface area (Å²) in [7, 11) is 0. The molecule has 0 amide bonds. The van der Waals surface area contributed by atoms with Gasteiger partial charge in [-0.1, -0.05) is 30.7 Å². The zero-order valence-electron chi connectivity index (χ0n) is 9.28. The van der Waals surface area contributed by atoms with E-state index < -0.39 is 0 Å². The molecule has 0 N–H and O–H groups in total. The molecule has 0 unspecified atom stereocenters. The van der Waals surface area contributed by atoms with Gasteiger partial charge in [-0.2, -0.15) is 0 Å². The van der Waals surface area contributed by atoms with Crippen LogP contribution in [0.3, 0.4) is 0 Å². The molecule has 1 heterocycles. The number of pyridine rings is 1. The van der Waals surface area contributed by atoms with Crippen LogP contribution in [0.5, 0.6) is 0 Å². The molecular weight excluding hydrogens is 218 g/mol. The molecule has 0 aliphatic rings. The third-order valence-electron chi connectivity index (χ3n) is 2.62. The average molecular weight is 232 g/mol. The number of halogens is 1. The van der Waals surface area contributed by atoms with Crippen LogP contribution in [0.4, 0.5) is 0 Å². The van der Waals surface area contributed by atoms with Gasteiger partial charge in [-0.25, -0.2) is 0 Å². The first-order valence-corrected chi connectivity index (χ1v) is 5.97. The number of fused-ring (bicyclic) bond motifs is 1. The molecule has 0 saturated heterocycles. The van der Waals surface area contributed by atoms with E-state index in [4.69, 9.17) is 11.6 Å². The largest absolute Gasteiger partial charge is 0.256 e. The van der Waals surface area contributed by atoms with Crippen molar-refractivity contribution in [3.05, 3.63) is 47.7 Å². The van der Waals surface area contributed by atoms with Gasteiger partial charge in [-0.3, -0.25) is 4.98 Å². The lowest BCUT2D eigenvalue weighted by atomic mass is 10.1.